The van der Waals surface area contributed by atoms with E-state index in [-0.39, 0.29) is 18.2 Å². The van der Waals surface area contributed by atoms with E-state index in [4.69, 9.17) is 0 Å². The molecule has 2 amide bonds. The van der Waals surface area contributed by atoms with Crippen LogP contribution in [0.1, 0.15) is 17.5 Å². The monoisotopic (exact) mass is 353 g/mol. The predicted molar refractivity (Wildman–Crippen MR) is 100.0 cm³/mol. The van der Waals surface area contributed by atoms with Crippen LogP contribution >= 0.6 is 0 Å². The summed E-state index contributed by atoms with van der Waals surface area (Å²) in [5.74, 6) is 0.246. The van der Waals surface area contributed by atoms with Crippen LogP contribution in [-0.4, -0.2) is 52.9 Å². The number of amides is 2. The molecule has 2 heterocycles. The second kappa shape index (κ2) is 7.95. The molecule has 2 aromatic rings. The van der Waals surface area contributed by atoms with Crippen LogP contribution in [0, 0.1) is 13.8 Å². The number of benzene rings is 1. The van der Waals surface area contributed by atoms with Crippen LogP contribution in [0.25, 0.3) is 0 Å². The van der Waals surface area contributed by atoms with Gasteiger partial charge in [0.15, 0.2) is 0 Å². The molecule has 1 aliphatic heterocycles. The zero-order valence-electron chi connectivity index (χ0n) is 15.1. The molecule has 1 saturated heterocycles. The molecule has 0 saturated carbocycles. The highest BCUT2D eigenvalue weighted by atomic mass is 16.2. The van der Waals surface area contributed by atoms with Gasteiger partial charge in [0.1, 0.15) is 6.42 Å². The first kappa shape index (κ1) is 17.8. The molecule has 7 nitrogen and oxygen atoms in total. The van der Waals surface area contributed by atoms with Crippen LogP contribution in [0.15, 0.2) is 36.7 Å². The Bertz CT molecular complexity index is 766. The average molecular weight is 353 g/mol. The van der Waals surface area contributed by atoms with E-state index >= 15 is 0 Å². The minimum absolute atomic E-state index is 0.143. The van der Waals surface area contributed by atoms with E-state index in [0.717, 1.165) is 16.8 Å². The summed E-state index contributed by atoms with van der Waals surface area (Å²) < 4.78 is 0. The molecule has 0 spiro atoms. The van der Waals surface area contributed by atoms with Gasteiger partial charge < -0.3 is 15.1 Å². The third-order valence-corrected chi connectivity index (χ3v) is 4.52. The summed E-state index contributed by atoms with van der Waals surface area (Å²) in [6.45, 7) is 6.33. The van der Waals surface area contributed by atoms with Crippen molar-refractivity contribution in [3.63, 3.8) is 0 Å². The van der Waals surface area contributed by atoms with Crippen LogP contribution in [0.4, 0.5) is 11.6 Å². The molecule has 0 radical (unpaired) electrons. The second-order valence-corrected chi connectivity index (χ2v) is 6.41. The molecule has 3 rings (SSSR count). The number of piperazine rings is 1. The molecule has 0 aliphatic carbocycles. The zero-order chi connectivity index (χ0) is 18.5. The maximum absolute atomic E-state index is 12.4. The van der Waals surface area contributed by atoms with Gasteiger partial charge in [-0.3, -0.25) is 9.59 Å². The number of carbonyl (C=O) groups is 2. The van der Waals surface area contributed by atoms with Gasteiger partial charge in [-0.15, -0.1) is 0 Å². The molecule has 1 N–H and O–H groups in total. The van der Waals surface area contributed by atoms with Gasteiger partial charge >= 0.3 is 0 Å². The Kier molecular flexibility index (Phi) is 5.46. The number of nitrogens with one attached hydrogen (secondary N) is 1. The highest BCUT2D eigenvalue weighted by molar-refractivity contribution is 6.04. The first-order valence-electron chi connectivity index (χ1n) is 8.70. The van der Waals surface area contributed by atoms with Crippen LogP contribution in [0.2, 0.25) is 0 Å². The van der Waals surface area contributed by atoms with Crippen molar-refractivity contribution in [1.82, 2.24) is 14.9 Å². The maximum atomic E-state index is 12.4. The van der Waals surface area contributed by atoms with E-state index in [2.05, 4.69) is 15.3 Å². The molecule has 1 aromatic carbocycles. The van der Waals surface area contributed by atoms with Gasteiger partial charge in [0.05, 0.1) is 0 Å². The highest BCUT2D eigenvalue weighted by Gasteiger charge is 2.24. The molecule has 1 aromatic heterocycles. The van der Waals surface area contributed by atoms with Crippen molar-refractivity contribution in [2.45, 2.75) is 20.3 Å². The molecule has 7 heteroatoms. The van der Waals surface area contributed by atoms with Crippen LogP contribution in [0.3, 0.4) is 0 Å². The molecule has 1 aliphatic rings. The summed E-state index contributed by atoms with van der Waals surface area (Å²) in [7, 11) is 0. The fourth-order valence-corrected chi connectivity index (χ4v) is 3.05. The van der Waals surface area contributed by atoms with E-state index in [9.17, 15) is 9.59 Å². The van der Waals surface area contributed by atoms with Crippen LogP contribution in [0.5, 0.6) is 0 Å². The average Bonchev–Trinajstić information content (AvgIpc) is 2.66. The number of aromatic nitrogens is 2. The number of aryl methyl sites for hydroxylation is 2. The first-order chi connectivity index (χ1) is 12.5. The Morgan fingerprint density at radius 1 is 1.00 bits per heavy atom. The molecule has 0 bridgehead atoms. The van der Waals surface area contributed by atoms with E-state index < -0.39 is 0 Å². The number of rotatable bonds is 4. The standard InChI is InChI=1S/C19H23N5O2/c1-14-5-3-6-15(2)18(14)22-16(25)13-17(26)23-9-11-24(12-10-23)19-20-7-4-8-21-19/h3-8H,9-13H2,1-2H3,(H,22,25). The summed E-state index contributed by atoms with van der Waals surface area (Å²) in [6, 6.07) is 7.60. The van der Waals surface area contributed by atoms with Gasteiger partial charge in [-0.05, 0) is 31.0 Å². The Morgan fingerprint density at radius 3 is 2.23 bits per heavy atom. The highest BCUT2D eigenvalue weighted by Crippen LogP contribution is 2.19. The number of carbonyl (C=O) groups excluding carboxylic acids is 2. The fourth-order valence-electron chi connectivity index (χ4n) is 3.05. The number of nitrogens with zero attached hydrogens (tertiary/aromatic N) is 4. The lowest BCUT2D eigenvalue weighted by Crippen LogP contribution is -2.49. The molecular weight excluding hydrogens is 330 g/mol. The zero-order valence-corrected chi connectivity index (χ0v) is 15.1. The molecule has 26 heavy (non-hydrogen) atoms. The molecular formula is C19H23N5O2. The van der Waals surface area contributed by atoms with Gasteiger partial charge in [-0.25, -0.2) is 9.97 Å². The summed E-state index contributed by atoms with van der Waals surface area (Å²) >= 11 is 0. The smallest absolute Gasteiger partial charge is 0.233 e. The van der Waals surface area contributed by atoms with E-state index in [1.54, 1.807) is 23.4 Å². The maximum Gasteiger partial charge on any atom is 0.233 e. The van der Waals surface area contributed by atoms with Gasteiger partial charge in [0.25, 0.3) is 0 Å². The van der Waals surface area contributed by atoms with Gasteiger partial charge in [-0.2, -0.15) is 0 Å². The number of hydrogen-bond donors (Lipinski definition) is 1. The predicted octanol–water partition coefficient (Wildman–Crippen LogP) is 1.77. The second-order valence-electron chi connectivity index (χ2n) is 6.41. The van der Waals surface area contributed by atoms with E-state index in [1.165, 1.54) is 0 Å². The first-order valence-corrected chi connectivity index (χ1v) is 8.70. The van der Waals surface area contributed by atoms with Crippen molar-refractivity contribution >= 4 is 23.5 Å². The van der Waals surface area contributed by atoms with Crippen molar-refractivity contribution < 1.29 is 9.59 Å². The normalized spacial score (nSPS) is 14.2. The number of anilines is 2. The third-order valence-electron chi connectivity index (χ3n) is 4.52. The lowest BCUT2D eigenvalue weighted by atomic mass is 10.1. The van der Waals surface area contributed by atoms with E-state index in [1.807, 2.05) is 36.9 Å². The van der Waals surface area contributed by atoms with Crippen LogP contribution in [-0.2, 0) is 9.59 Å². The summed E-state index contributed by atoms with van der Waals surface area (Å²) in [5.41, 5.74) is 2.76. The van der Waals surface area contributed by atoms with Crippen molar-refractivity contribution in [1.29, 1.82) is 0 Å². The van der Waals surface area contributed by atoms with Gasteiger partial charge in [0.2, 0.25) is 17.8 Å². The summed E-state index contributed by atoms with van der Waals surface area (Å²) in [5, 5.41) is 2.87. The minimum atomic E-state index is -0.277. The quantitative estimate of drug-likeness (QED) is 0.848. The molecule has 0 atom stereocenters. The Hall–Kier alpha value is -2.96. The minimum Gasteiger partial charge on any atom is -0.339 e. The Balaban J connectivity index is 1.52. The Morgan fingerprint density at radius 2 is 1.62 bits per heavy atom. The van der Waals surface area contributed by atoms with Gasteiger partial charge in [-0.1, -0.05) is 18.2 Å². The fraction of sp³-hybridized carbons (Fsp3) is 0.368. The third kappa shape index (κ3) is 4.17. The van der Waals surface area contributed by atoms with Crippen molar-refractivity contribution in [2.75, 3.05) is 36.4 Å². The summed E-state index contributed by atoms with van der Waals surface area (Å²) in [6.07, 6.45) is 3.27. The van der Waals surface area contributed by atoms with Crippen molar-refractivity contribution in [2.24, 2.45) is 0 Å². The molecule has 0 unspecified atom stereocenters. The van der Waals surface area contributed by atoms with Gasteiger partial charge in [0, 0.05) is 44.3 Å². The number of hydrogen-bond acceptors (Lipinski definition) is 5. The topological polar surface area (TPSA) is 78.4 Å². The molecule has 136 valence electrons. The van der Waals surface area contributed by atoms with Crippen LogP contribution < -0.4 is 10.2 Å². The SMILES string of the molecule is Cc1cccc(C)c1NC(=O)CC(=O)N1CCN(c2ncccn2)CC1. The molecule has 1 fully saturated rings. The lowest BCUT2D eigenvalue weighted by molar-refractivity contribution is -0.134. The Labute approximate surface area is 153 Å². The van der Waals surface area contributed by atoms with Crippen molar-refractivity contribution in [3.8, 4) is 0 Å². The lowest BCUT2D eigenvalue weighted by Gasteiger charge is -2.34. The largest absolute Gasteiger partial charge is 0.339 e. The van der Waals surface area contributed by atoms with E-state index in [0.29, 0.717) is 32.1 Å². The summed E-state index contributed by atoms with van der Waals surface area (Å²) in [4.78, 5) is 36.9. The number of para-hydroxylation sites is 1. The van der Waals surface area contributed by atoms with Crippen molar-refractivity contribution in [3.05, 3.63) is 47.8 Å².